The zero-order valence-corrected chi connectivity index (χ0v) is 18.2. The number of fused-ring (bicyclic) bond motifs is 1. The molecule has 4 rings (SSSR count). The second-order valence-corrected chi connectivity index (χ2v) is 7.73. The Morgan fingerprint density at radius 2 is 1.88 bits per heavy atom. The van der Waals surface area contributed by atoms with Crippen molar-refractivity contribution in [2.75, 3.05) is 7.05 Å². The van der Waals surface area contributed by atoms with Gasteiger partial charge in [-0.25, -0.2) is 0 Å². The van der Waals surface area contributed by atoms with Crippen LogP contribution in [-0.2, 0) is 12.7 Å². The van der Waals surface area contributed by atoms with Gasteiger partial charge in [0.15, 0.2) is 5.78 Å². The van der Waals surface area contributed by atoms with Crippen LogP contribution in [0.1, 0.15) is 38.9 Å². The summed E-state index contributed by atoms with van der Waals surface area (Å²) in [6.07, 6.45) is -2.20. The van der Waals surface area contributed by atoms with Crippen LogP contribution in [0.3, 0.4) is 0 Å². The van der Waals surface area contributed by atoms with Crippen molar-refractivity contribution in [3.05, 3.63) is 87.6 Å². The molecule has 0 radical (unpaired) electrons. The number of rotatable bonds is 5. The summed E-state index contributed by atoms with van der Waals surface area (Å²) in [5.74, 6) is -0.625. The number of alkyl halides is 3. The third-order valence-electron chi connectivity index (χ3n) is 5.47. The van der Waals surface area contributed by atoms with Crippen LogP contribution >= 0.6 is 0 Å². The summed E-state index contributed by atoms with van der Waals surface area (Å²) in [7, 11) is 1.51. The molecule has 1 amide bonds. The molecule has 7 nitrogen and oxygen atoms in total. The van der Waals surface area contributed by atoms with Crippen LogP contribution in [0.25, 0.3) is 21.9 Å². The maximum Gasteiger partial charge on any atom is 0.433 e. The first-order valence-electron chi connectivity index (χ1n) is 10.2. The fourth-order valence-electron chi connectivity index (χ4n) is 3.83. The van der Waals surface area contributed by atoms with Gasteiger partial charge in [-0.15, -0.1) is 0 Å². The lowest BCUT2D eigenvalue weighted by atomic mass is 9.98. The molecule has 4 aromatic rings. The number of Topliss-reactive ketones (excluding diaryl/α,β-unsaturated/α-hetero) is 1. The molecule has 0 saturated heterocycles. The molecule has 0 bridgehead atoms. The summed E-state index contributed by atoms with van der Waals surface area (Å²) in [4.78, 5) is 37.5. The Morgan fingerprint density at radius 3 is 2.56 bits per heavy atom. The Balaban J connectivity index is 1.84. The highest BCUT2D eigenvalue weighted by Crippen LogP contribution is 2.36. The van der Waals surface area contributed by atoms with E-state index < -0.39 is 17.4 Å². The van der Waals surface area contributed by atoms with Crippen molar-refractivity contribution in [3.8, 4) is 11.1 Å². The second-order valence-electron chi connectivity index (χ2n) is 7.73. The lowest BCUT2D eigenvalue weighted by molar-refractivity contribution is -0.140. The fraction of sp³-hybridized carbons (Fsp3) is 0.167. The first-order valence-corrected chi connectivity index (χ1v) is 10.2. The zero-order valence-electron chi connectivity index (χ0n) is 18.2. The van der Waals surface area contributed by atoms with Gasteiger partial charge < -0.3 is 9.88 Å². The molecule has 2 aromatic heterocycles. The molecule has 0 aliphatic carbocycles. The molecule has 2 N–H and O–H groups in total. The van der Waals surface area contributed by atoms with Gasteiger partial charge >= 0.3 is 6.18 Å². The number of pyridine rings is 1. The van der Waals surface area contributed by atoms with Crippen molar-refractivity contribution < 1.29 is 22.8 Å². The highest BCUT2D eigenvalue weighted by Gasteiger charge is 2.36. The number of aromatic amines is 1. The largest absolute Gasteiger partial charge is 0.433 e. The number of benzene rings is 2. The number of H-pyrrole nitrogens is 1. The average Bonchev–Trinajstić information content (AvgIpc) is 3.31. The average molecular weight is 468 g/mol. The minimum Gasteiger partial charge on any atom is -0.355 e. The maximum atomic E-state index is 13.3. The van der Waals surface area contributed by atoms with E-state index in [-0.39, 0.29) is 45.7 Å². The number of nitrogens with zero attached hydrogens (tertiary/aromatic N) is 2. The number of hydrogen-bond donors (Lipinski definition) is 2. The Bertz CT molecular complexity index is 1490. The van der Waals surface area contributed by atoms with Crippen LogP contribution < -0.4 is 10.9 Å². The van der Waals surface area contributed by atoms with Crippen LogP contribution in [0, 0.1) is 0 Å². The van der Waals surface area contributed by atoms with E-state index in [1.807, 2.05) is 5.10 Å². The molecule has 0 aliphatic rings. The van der Waals surface area contributed by atoms with Crippen LogP contribution in [0.5, 0.6) is 0 Å². The molecule has 0 saturated carbocycles. The summed E-state index contributed by atoms with van der Waals surface area (Å²) in [5.41, 5.74) is -0.157. The number of carbonyl (C=O) groups excluding carboxylic acids is 2. The second kappa shape index (κ2) is 8.62. The normalized spacial score (nSPS) is 11.6. The van der Waals surface area contributed by atoms with Gasteiger partial charge in [-0.05, 0) is 42.3 Å². The van der Waals surface area contributed by atoms with Gasteiger partial charge in [0.05, 0.1) is 12.7 Å². The van der Waals surface area contributed by atoms with Crippen LogP contribution in [0.4, 0.5) is 13.2 Å². The molecule has 0 atom stereocenters. The predicted octanol–water partition coefficient (Wildman–Crippen LogP) is 4.02. The highest BCUT2D eigenvalue weighted by atomic mass is 19.4. The molecular formula is C24H19F3N4O3. The number of aromatic nitrogens is 3. The molecular weight excluding hydrogens is 449 g/mol. The fourth-order valence-corrected chi connectivity index (χ4v) is 3.83. The highest BCUT2D eigenvalue weighted by molar-refractivity contribution is 6.07. The van der Waals surface area contributed by atoms with Gasteiger partial charge in [0.1, 0.15) is 5.69 Å². The number of carbonyl (C=O) groups is 2. The van der Waals surface area contributed by atoms with Gasteiger partial charge in [0, 0.05) is 40.7 Å². The first kappa shape index (κ1) is 23.0. The number of halogens is 3. The van der Waals surface area contributed by atoms with E-state index in [0.29, 0.717) is 11.1 Å². The van der Waals surface area contributed by atoms with Crippen molar-refractivity contribution >= 4 is 22.5 Å². The minimum absolute atomic E-state index is 0.0988. The van der Waals surface area contributed by atoms with Gasteiger partial charge in [0.25, 0.3) is 11.5 Å². The summed E-state index contributed by atoms with van der Waals surface area (Å²) >= 11 is 0. The first-order chi connectivity index (χ1) is 16.1. The standard InChI is InChI=1S/C24H19F3N4O3/c1-13(32)20-12-31(11-14-4-3-5-16(8-14)22(33)28-2)23(34)17-7-6-15(9-18(17)20)19-10-29-30-21(19)24(25,26)27/h3-10,12H,11H2,1-2H3,(H,28,33)(H,29,30). The van der Waals surface area contributed by atoms with Crippen LogP contribution in [-0.4, -0.2) is 33.5 Å². The van der Waals surface area contributed by atoms with Gasteiger partial charge in [-0.3, -0.25) is 19.5 Å². The predicted molar refractivity (Wildman–Crippen MR) is 120 cm³/mol. The lowest BCUT2D eigenvalue weighted by Gasteiger charge is -2.13. The third-order valence-corrected chi connectivity index (χ3v) is 5.47. The topological polar surface area (TPSA) is 96.8 Å². The molecule has 0 fully saturated rings. The number of hydrogen-bond acceptors (Lipinski definition) is 4. The monoisotopic (exact) mass is 468 g/mol. The Labute approximate surface area is 191 Å². The van der Waals surface area contributed by atoms with E-state index in [4.69, 9.17) is 0 Å². The van der Waals surface area contributed by atoms with Gasteiger partial charge in [0.2, 0.25) is 0 Å². The SMILES string of the molecule is CNC(=O)c1cccc(Cn2cc(C(C)=O)c3cc(-c4cn[nH]c4C(F)(F)F)ccc3c2=O)c1. The Morgan fingerprint density at radius 1 is 1.12 bits per heavy atom. The third kappa shape index (κ3) is 4.21. The van der Waals surface area contributed by atoms with E-state index >= 15 is 0 Å². The maximum absolute atomic E-state index is 13.3. The molecule has 2 heterocycles. The molecule has 0 aliphatic heterocycles. The van der Waals surface area contributed by atoms with E-state index in [1.165, 1.54) is 42.9 Å². The minimum atomic E-state index is -4.64. The molecule has 174 valence electrons. The molecule has 10 heteroatoms. The van der Waals surface area contributed by atoms with Crippen molar-refractivity contribution in [1.29, 1.82) is 0 Å². The quantitative estimate of drug-likeness (QED) is 0.433. The molecule has 0 unspecified atom stereocenters. The zero-order chi connectivity index (χ0) is 24.6. The van der Waals surface area contributed by atoms with E-state index in [9.17, 15) is 27.6 Å². The number of nitrogens with one attached hydrogen (secondary N) is 2. The van der Waals surface area contributed by atoms with Crippen LogP contribution in [0.15, 0.2) is 59.7 Å². The lowest BCUT2D eigenvalue weighted by Crippen LogP contribution is -2.23. The molecule has 34 heavy (non-hydrogen) atoms. The summed E-state index contributed by atoms with van der Waals surface area (Å²) in [6, 6.07) is 10.9. The van der Waals surface area contributed by atoms with E-state index in [0.717, 1.165) is 6.20 Å². The van der Waals surface area contributed by atoms with E-state index in [1.54, 1.807) is 24.3 Å². The Hall–Kier alpha value is -4.21. The van der Waals surface area contributed by atoms with Gasteiger partial charge in [-0.2, -0.15) is 18.3 Å². The van der Waals surface area contributed by atoms with E-state index in [2.05, 4.69) is 10.4 Å². The van der Waals surface area contributed by atoms with Gasteiger partial charge in [-0.1, -0.05) is 18.2 Å². The van der Waals surface area contributed by atoms with Crippen molar-refractivity contribution in [3.63, 3.8) is 0 Å². The summed E-state index contributed by atoms with van der Waals surface area (Å²) in [5, 5.41) is 8.43. The van der Waals surface area contributed by atoms with Crippen molar-refractivity contribution in [2.45, 2.75) is 19.6 Å². The molecule has 0 spiro atoms. The smallest absolute Gasteiger partial charge is 0.355 e. The summed E-state index contributed by atoms with van der Waals surface area (Å²) < 4.78 is 41.3. The van der Waals surface area contributed by atoms with Crippen molar-refractivity contribution in [2.24, 2.45) is 0 Å². The van der Waals surface area contributed by atoms with Crippen LogP contribution in [0.2, 0.25) is 0 Å². The number of amides is 1. The molecule has 2 aromatic carbocycles. The number of ketones is 1. The van der Waals surface area contributed by atoms with Crippen molar-refractivity contribution in [1.82, 2.24) is 20.1 Å². The Kier molecular flexibility index (Phi) is 5.82. The summed E-state index contributed by atoms with van der Waals surface area (Å²) in [6.45, 7) is 1.42.